The average molecular weight is 1480 g/mol. The fourth-order valence-corrected chi connectivity index (χ4v) is 14.3. The van der Waals surface area contributed by atoms with Gasteiger partial charge < -0.3 is 33.8 Å². The molecule has 0 saturated heterocycles. The molecule has 17 nitrogen and oxygen atoms in total. The van der Waals surface area contributed by atoms with E-state index in [1.807, 2.05) is 0 Å². The number of hydrogen-bond acceptors (Lipinski definition) is 15. The molecule has 0 heterocycles. The van der Waals surface area contributed by atoms with Crippen LogP contribution in [-0.4, -0.2) is 96.7 Å². The van der Waals surface area contributed by atoms with Crippen LogP contribution in [0.5, 0.6) is 0 Å². The van der Waals surface area contributed by atoms with E-state index in [1.165, 1.54) is 257 Å². The number of hydrogen-bond donors (Lipinski definition) is 3. The van der Waals surface area contributed by atoms with Gasteiger partial charge in [-0.1, -0.05) is 388 Å². The molecule has 0 amide bonds. The molecule has 0 spiro atoms. The van der Waals surface area contributed by atoms with Gasteiger partial charge in [0.2, 0.25) is 0 Å². The van der Waals surface area contributed by atoms with Crippen molar-refractivity contribution in [2.24, 2.45) is 5.92 Å². The van der Waals surface area contributed by atoms with Crippen LogP contribution in [0.4, 0.5) is 0 Å². The molecule has 0 aliphatic heterocycles. The molecule has 0 bridgehead atoms. The first-order valence-corrected chi connectivity index (χ1v) is 45.6. The number of phosphoric ester groups is 2. The van der Waals surface area contributed by atoms with E-state index in [-0.39, 0.29) is 25.7 Å². The van der Waals surface area contributed by atoms with Crippen LogP contribution in [0.25, 0.3) is 0 Å². The van der Waals surface area contributed by atoms with E-state index in [4.69, 9.17) is 37.0 Å². The summed E-state index contributed by atoms with van der Waals surface area (Å²) in [5.41, 5.74) is 0. The Kier molecular flexibility index (Phi) is 73.5. The predicted octanol–water partition coefficient (Wildman–Crippen LogP) is 24.8. The summed E-state index contributed by atoms with van der Waals surface area (Å²) >= 11 is 0. The molecule has 0 aromatic carbocycles. The van der Waals surface area contributed by atoms with Crippen molar-refractivity contribution in [3.8, 4) is 0 Å². The molecule has 600 valence electrons. The Bertz CT molecular complexity index is 1930. The molecule has 0 aliphatic rings. The Hall–Kier alpha value is -1.94. The topological polar surface area (TPSA) is 237 Å². The fraction of sp³-hybridized carbons (Fsp3) is 0.951. The molecule has 0 rings (SSSR count). The molecule has 3 N–H and O–H groups in total. The van der Waals surface area contributed by atoms with E-state index < -0.39 is 97.5 Å². The molecular weight excluding hydrogens is 1320 g/mol. The second kappa shape index (κ2) is 74.9. The van der Waals surface area contributed by atoms with Crippen molar-refractivity contribution in [3.63, 3.8) is 0 Å². The largest absolute Gasteiger partial charge is 0.472 e. The molecule has 5 atom stereocenters. The van der Waals surface area contributed by atoms with Crippen LogP contribution in [0.15, 0.2) is 0 Å². The first-order valence-electron chi connectivity index (χ1n) is 42.6. The quantitative estimate of drug-likeness (QED) is 0.0222. The van der Waals surface area contributed by atoms with E-state index in [1.54, 1.807) is 0 Å². The maximum absolute atomic E-state index is 13.1. The van der Waals surface area contributed by atoms with Crippen molar-refractivity contribution in [2.75, 3.05) is 39.6 Å². The smallest absolute Gasteiger partial charge is 0.462 e. The molecule has 19 heteroatoms. The van der Waals surface area contributed by atoms with Crippen molar-refractivity contribution in [2.45, 2.75) is 457 Å². The standard InChI is InChI=1S/C82H160O17P2/c1-6-9-12-15-18-21-24-27-30-32-34-36-38-41-43-46-49-55-60-65-79(84)92-71-77(98-81(86)68-63-58-51-48-45-42-39-37-35-33-31-28-25-22-19-16-13-10-7-2)73-96-100(88,89)94-69-76(83)70-95-101(90,91)97-74-78(72-93-80(85)66-61-56-53-52-54-59-64-75(4)5)99-82(87)67-62-57-50-47-44-40-29-26-23-20-17-14-11-8-3/h75-78,83H,6-74H2,1-5H3,(H,88,89)(H,90,91)/t76-,77-,78-/m1/s1. The Morgan fingerprint density at radius 1 is 0.267 bits per heavy atom. The zero-order valence-electron chi connectivity index (χ0n) is 66.1. The van der Waals surface area contributed by atoms with Crippen LogP contribution in [-0.2, 0) is 65.4 Å². The highest BCUT2D eigenvalue weighted by Crippen LogP contribution is 2.45. The van der Waals surface area contributed by atoms with Gasteiger partial charge in [0.05, 0.1) is 26.4 Å². The minimum Gasteiger partial charge on any atom is -0.462 e. The summed E-state index contributed by atoms with van der Waals surface area (Å²) in [7, 11) is -9.92. The van der Waals surface area contributed by atoms with Gasteiger partial charge in [-0.2, -0.15) is 0 Å². The monoisotopic (exact) mass is 1480 g/mol. The van der Waals surface area contributed by atoms with Crippen molar-refractivity contribution in [3.05, 3.63) is 0 Å². The third-order valence-corrected chi connectivity index (χ3v) is 21.2. The zero-order chi connectivity index (χ0) is 74.1. The summed E-state index contributed by atoms with van der Waals surface area (Å²) in [6.07, 6.45) is 66.8. The highest BCUT2D eigenvalue weighted by Gasteiger charge is 2.30. The fourth-order valence-electron chi connectivity index (χ4n) is 12.8. The van der Waals surface area contributed by atoms with Crippen LogP contribution in [0.2, 0.25) is 0 Å². The van der Waals surface area contributed by atoms with Crippen molar-refractivity contribution in [1.82, 2.24) is 0 Å². The molecule has 0 radical (unpaired) electrons. The van der Waals surface area contributed by atoms with Gasteiger partial charge >= 0.3 is 39.5 Å². The number of aliphatic hydroxyl groups excluding tert-OH is 1. The SMILES string of the molecule is CCCCCCCCCCCCCCCCCCCCCC(=O)OC[C@H](COP(=O)(O)OC[C@@H](O)COP(=O)(O)OC[C@@H](COC(=O)CCCCCCCCC(C)C)OC(=O)CCCCCCCCCCCCCCCC)OC(=O)CCCCCCCCCCCCCCCCCCCCC. The highest BCUT2D eigenvalue weighted by molar-refractivity contribution is 7.47. The third-order valence-electron chi connectivity index (χ3n) is 19.3. The van der Waals surface area contributed by atoms with Gasteiger partial charge in [-0.15, -0.1) is 0 Å². The first-order chi connectivity index (χ1) is 49.0. The number of ether oxygens (including phenoxy) is 4. The number of unbranched alkanes of at least 4 members (excludes halogenated alkanes) is 54. The molecule has 2 unspecified atom stereocenters. The van der Waals surface area contributed by atoms with Crippen LogP contribution in [0, 0.1) is 5.92 Å². The van der Waals surface area contributed by atoms with E-state index in [2.05, 4.69) is 34.6 Å². The maximum Gasteiger partial charge on any atom is 0.472 e. The second-order valence-electron chi connectivity index (χ2n) is 30.0. The van der Waals surface area contributed by atoms with E-state index in [9.17, 15) is 43.2 Å². The lowest BCUT2D eigenvalue weighted by Crippen LogP contribution is -2.30. The van der Waals surface area contributed by atoms with Gasteiger partial charge in [-0.3, -0.25) is 37.3 Å². The van der Waals surface area contributed by atoms with E-state index in [0.717, 1.165) is 96.3 Å². The first kappa shape index (κ1) is 99.1. The Labute approximate surface area is 619 Å². The molecule has 101 heavy (non-hydrogen) atoms. The minimum absolute atomic E-state index is 0.107. The zero-order valence-corrected chi connectivity index (χ0v) is 67.8. The van der Waals surface area contributed by atoms with E-state index >= 15 is 0 Å². The Morgan fingerprint density at radius 2 is 0.455 bits per heavy atom. The van der Waals surface area contributed by atoms with Gasteiger partial charge in [0.25, 0.3) is 0 Å². The lowest BCUT2D eigenvalue weighted by molar-refractivity contribution is -0.161. The number of esters is 4. The molecule has 0 aromatic heterocycles. The van der Waals surface area contributed by atoms with Crippen molar-refractivity contribution < 1.29 is 80.2 Å². The number of rotatable bonds is 82. The van der Waals surface area contributed by atoms with Crippen molar-refractivity contribution in [1.29, 1.82) is 0 Å². The number of carbonyl (C=O) groups is 4. The van der Waals surface area contributed by atoms with Crippen LogP contribution >= 0.6 is 15.6 Å². The van der Waals surface area contributed by atoms with Crippen LogP contribution in [0.1, 0.15) is 439 Å². The average Bonchev–Trinajstić information content (AvgIpc) is 0.934. The predicted molar refractivity (Wildman–Crippen MR) is 414 cm³/mol. The second-order valence-corrected chi connectivity index (χ2v) is 32.9. The molecule has 0 saturated carbocycles. The normalized spacial score (nSPS) is 13.8. The summed E-state index contributed by atoms with van der Waals surface area (Å²) in [6, 6.07) is 0. The molecule has 0 aliphatic carbocycles. The minimum atomic E-state index is -4.96. The third kappa shape index (κ3) is 76.1. The van der Waals surface area contributed by atoms with Gasteiger partial charge in [-0.25, -0.2) is 9.13 Å². The number of carbonyl (C=O) groups excluding carboxylic acids is 4. The van der Waals surface area contributed by atoms with E-state index in [0.29, 0.717) is 31.6 Å². The molecular formula is C82H160O17P2. The van der Waals surface area contributed by atoms with Crippen molar-refractivity contribution >= 4 is 39.5 Å². The lowest BCUT2D eigenvalue weighted by atomic mass is 10.0. The van der Waals surface area contributed by atoms with Crippen LogP contribution in [0.3, 0.4) is 0 Å². The summed E-state index contributed by atoms with van der Waals surface area (Å²) in [5, 5.41) is 10.6. The highest BCUT2D eigenvalue weighted by atomic mass is 31.2. The molecule has 0 aromatic rings. The van der Waals surface area contributed by atoms with Crippen LogP contribution < -0.4 is 0 Å². The summed E-state index contributed by atoms with van der Waals surface area (Å²) in [5.74, 6) is -1.43. The summed E-state index contributed by atoms with van der Waals surface area (Å²) in [4.78, 5) is 73.0. The van der Waals surface area contributed by atoms with Gasteiger partial charge in [0.15, 0.2) is 12.2 Å². The molecule has 0 fully saturated rings. The lowest BCUT2D eigenvalue weighted by Gasteiger charge is -2.21. The van der Waals surface area contributed by atoms with Gasteiger partial charge in [0.1, 0.15) is 19.3 Å². The number of phosphoric acid groups is 2. The van der Waals surface area contributed by atoms with Gasteiger partial charge in [-0.05, 0) is 31.6 Å². The summed E-state index contributed by atoms with van der Waals surface area (Å²) in [6.45, 7) is 7.26. The Morgan fingerprint density at radius 3 is 0.673 bits per heavy atom. The van der Waals surface area contributed by atoms with Gasteiger partial charge in [0, 0.05) is 25.7 Å². The number of aliphatic hydroxyl groups is 1. The maximum atomic E-state index is 13.1. The summed E-state index contributed by atoms with van der Waals surface area (Å²) < 4.78 is 68.7. The Balaban J connectivity index is 5.21.